The van der Waals surface area contributed by atoms with Crippen molar-refractivity contribution < 1.29 is 9.15 Å². The van der Waals surface area contributed by atoms with Gasteiger partial charge in [-0.15, -0.1) is 0 Å². The van der Waals surface area contributed by atoms with Crippen LogP contribution < -0.4 is 4.74 Å². The molecule has 1 unspecified atom stereocenters. The molecule has 53 heavy (non-hydrogen) atoms. The number of benzene rings is 8. The Morgan fingerprint density at radius 3 is 1.91 bits per heavy atom. The third-order valence-electron chi connectivity index (χ3n) is 12.0. The van der Waals surface area contributed by atoms with E-state index in [9.17, 15) is 0 Å². The van der Waals surface area contributed by atoms with Crippen LogP contribution in [0.2, 0.25) is 0 Å². The molecule has 0 amide bonds. The van der Waals surface area contributed by atoms with E-state index in [1.807, 2.05) is 12.1 Å². The van der Waals surface area contributed by atoms with E-state index in [2.05, 4.69) is 167 Å². The third-order valence-corrected chi connectivity index (χ3v) is 12.0. The largest absolute Gasteiger partial charge is 0.456 e. The number of aromatic nitrogens is 2. The van der Waals surface area contributed by atoms with E-state index in [4.69, 9.17) is 9.15 Å². The summed E-state index contributed by atoms with van der Waals surface area (Å²) in [4.78, 5) is 0. The summed E-state index contributed by atoms with van der Waals surface area (Å²) in [7, 11) is 0. The maximum absolute atomic E-state index is 7.26. The number of hydrogen-bond donors (Lipinski definition) is 0. The molecule has 0 bridgehead atoms. The fourth-order valence-electron chi connectivity index (χ4n) is 9.95. The lowest BCUT2D eigenvalue weighted by Crippen LogP contribution is -2.37. The van der Waals surface area contributed by atoms with Crippen LogP contribution in [0.4, 0.5) is 0 Å². The summed E-state index contributed by atoms with van der Waals surface area (Å²) >= 11 is 0. The van der Waals surface area contributed by atoms with Crippen molar-refractivity contribution in [2.75, 3.05) is 0 Å². The van der Waals surface area contributed by atoms with E-state index >= 15 is 0 Å². The average molecular weight is 677 g/mol. The van der Waals surface area contributed by atoms with Crippen LogP contribution >= 0.6 is 0 Å². The Labute approximate surface area is 303 Å². The van der Waals surface area contributed by atoms with E-state index in [0.717, 1.165) is 66.7 Å². The van der Waals surface area contributed by atoms with Crippen molar-refractivity contribution >= 4 is 65.6 Å². The summed E-state index contributed by atoms with van der Waals surface area (Å²) in [5.74, 6) is 1.75. The molecule has 11 aromatic rings. The first-order chi connectivity index (χ1) is 26.3. The molecule has 5 heterocycles. The van der Waals surface area contributed by atoms with Gasteiger partial charge in [0.1, 0.15) is 16.9 Å². The highest BCUT2D eigenvalue weighted by Crippen LogP contribution is 2.61. The Balaban J connectivity index is 1.22. The minimum atomic E-state index is -0.648. The van der Waals surface area contributed by atoms with Gasteiger partial charge in [-0.3, -0.25) is 0 Å². The van der Waals surface area contributed by atoms with Crippen molar-refractivity contribution in [1.82, 2.24) is 9.13 Å². The van der Waals surface area contributed by atoms with E-state index in [-0.39, 0.29) is 0 Å². The Hall–Kier alpha value is -7.04. The van der Waals surface area contributed by atoms with Gasteiger partial charge in [-0.25, -0.2) is 0 Å². The molecule has 0 saturated heterocycles. The fourth-order valence-corrected chi connectivity index (χ4v) is 9.95. The highest BCUT2D eigenvalue weighted by Gasteiger charge is 2.51. The Morgan fingerprint density at radius 2 is 1.04 bits per heavy atom. The Morgan fingerprint density at radius 1 is 0.396 bits per heavy atom. The topological polar surface area (TPSA) is 32.2 Å². The third kappa shape index (κ3) is 3.24. The minimum absolute atomic E-state index is 0.648. The summed E-state index contributed by atoms with van der Waals surface area (Å²) in [5, 5.41) is 7.06. The molecule has 4 nitrogen and oxygen atoms in total. The summed E-state index contributed by atoms with van der Waals surface area (Å²) in [6, 6.07) is 61.5. The first kappa shape index (κ1) is 27.7. The van der Waals surface area contributed by atoms with Crippen LogP contribution in [0.5, 0.6) is 11.5 Å². The van der Waals surface area contributed by atoms with Gasteiger partial charge in [-0.1, -0.05) is 121 Å². The first-order valence-electron chi connectivity index (χ1n) is 18.2. The second kappa shape index (κ2) is 9.64. The van der Waals surface area contributed by atoms with E-state index in [1.54, 1.807) is 0 Å². The number of ether oxygens (including phenoxy) is 1. The predicted molar refractivity (Wildman–Crippen MR) is 214 cm³/mol. The van der Waals surface area contributed by atoms with Crippen LogP contribution in [0.25, 0.3) is 76.9 Å². The zero-order valence-corrected chi connectivity index (χ0v) is 28.4. The molecule has 4 heteroatoms. The number of nitrogens with zero attached hydrogens (tertiary/aromatic N) is 2. The molecule has 3 aromatic heterocycles. The SMILES string of the molecule is c1ccc2c(c1)Oc1c(ccc3c4ccccc4n(-c4ccc5oc6ccccc6c5c4)c13)C21c2ccccc2-n2c3ccccc3c3cccc1c32. The van der Waals surface area contributed by atoms with Crippen LogP contribution in [0.1, 0.15) is 22.3 Å². The molecule has 2 aliphatic heterocycles. The van der Waals surface area contributed by atoms with Gasteiger partial charge in [0.25, 0.3) is 0 Å². The molecule has 13 rings (SSSR count). The highest BCUT2D eigenvalue weighted by molar-refractivity contribution is 6.15. The van der Waals surface area contributed by atoms with Gasteiger partial charge < -0.3 is 18.3 Å². The van der Waals surface area contributed by atoms with Crippen molar-refractivity contribution in [1.29, 1.82) is 0 Å². The molecule has 1 atom stereocenters. The molecular weight excluding hydrogens is 649 g/mol. The lowest BCUT2D eigenvalue weighted by atomic mass is 9.61. The summed E-state index contributed by atoms with van der Waals surface area (Å²) < 4.78 is 18.4. The standard InChI is InChI=1S/C49H28N2O2/c1-6-19-40-31(13-1)34-25-26-39-48(47(34)50(40)29-24-27-44-35(28-29)32-14-3-9-22-43(32)52-44)53-45-23-10-5-17-37(45)49(39)36-16-4-8-21-42(36)51-41-20-7-2-12-30(41)33-15-11-18-38(49)46(33)51/h1-28H. The first-order valence-corrected chi connectivity index (χ1v) is 18.2. The number of fused-ring (bicyclic) bond motifs is 18. The zero-order chi connectivity index (χ0) is 34.4. The molecule has 8 aromatic carbocycles. The summed E-state index contributed by atoms with van der Waals surface area (Å²) in [6.07, 6.45) is 0. The normalized spacial score (nSPS) is 15.8. The second-order valence-corrected chi connectivity index (χ2v) is 14.4. The number of para-hydroxylation sites is 6. The molecule has 1 spiro atoms. The van der Waals surface area contributed by atoms with E-state index in [0.29, 0.717) is 0 Å². The van der Waals surface area contributed by atoms with Crippen LogP contribution in [0, 0.1) is 0 Å². The summed E-state index contributed by atoms with van der Waals surface area (Å²) in [6.45, 7) is 0. The van der Waals surface area contributed by atoms with Crippen LogP contribution in [-0.4, -0.2) is 9.13 Å². The predicted octanol–water partition coefficient (Wildman–Crippen LogP) is 12.6. The maximum Gasteiger partial charge on any atom is 0.156 e. The number of furan rings is 1. The van der Waals surface area contributed by atoms with Crippen molar-refractivity contribution in [3.63, 3.8) is 0 Å². The van der Waals surface area contributed by atoms with Crippen LogP contribution in [-0.2, 0) is 5.41 Å². The molecule has 0 saturated carbocycles. The van der Waals surface area contributed by atoms with Crippen molar-refractivity contribution in [2.45, 2.75) is 5.41 Å². The van der Waals surface area contributed by atoms with Gasteiger partial charge in [0.05, 0.1) is 33.2 Å². The average Bonchev–Trinajstić information content (AvgIpc) is 3.88. The van der Waals surface area contributed by atoms with Gasteiger partial charge >= 0.3 is 0 Å². The van der Waals surface area contributed by atoms with Crippen LogP contribution in [0.15, 0.2) is 174 Å². The van der Waals surface area contributed by atoms with Gasteiger partial charge in [0, 0.05) is 49.1 Å². The van der Waals surface area contributed by atoms with E-state index in [1.165, 1.54) is 44.0 Å². The lowest BCUT2D eigenvalue weighted by molar-refractivity contribution is 0.438. The van der Waals surface area contributed by atoms with Gasteiger partial charge in [-0.05, 0) is 59.7 Å². The van der Waals surface area contributed by atoms with Crippen LogP contribution in [0.3, 0.4) is 0 Å². The highest BCUT2D eigenvalue weighted by atomic mass is 16.5. The van der Waals surface area contributed by atoms with Gasteiger partial charge in [0.15, 0.2) is 5.75 Å². The lowest BCUT2D eigenvalue weighted by Gasteiger charge is -2.45. The quantitative estimate of drug-likeness (QED) is 0.173. The monoisotopic (exact) mass is 676 g/mol. The molecule has 246 valence electrons. The molecule has 2 aliphatic rings. The Bertz CT molecular complexity index is 3400. The maximum atomic E-state index is 7.26. The molecular formula is C49H28N2O2. The number of rotatable bonds is 1. The Kier molecular flexibility index (Phi) is 5.03. The second-order valence-electron chi connectivity index (χ2n) is 14.4. The van der Waals surface area contributed by atoms with Gasteiger partial charge in [0.2, 0.25) is 0 Å². The van der Waals surface area contributed by atoms with Crippen molar-refractivity contribution in [3.8, 4) is 22.9 Å². The van der Waals surface area contributed by atoms with E-state index < -0.39 is 5.41 Å². The molecule has 0 radical (unpaired) electrons. The van der Waals surface area contributed by atoms with Gasteiger partial charge in [-0.2, -0.15) is 0 Å². The molecule has 0 fully saturated rings. The fraction of sp³-hybridized carbons (Fsp3) is 0.0204. The smallest absolute Gasteiger partial charge is 0.156 e. The van der Waals surface area contributed by atoms with Crippen molar-refractivity contribution in [3.05, 3.63) is 192 Å². The number of hydrogen-bond acceptors (Lipinski definition) is 2. The molecule has 0 aliphatic carbocycles. The zero-order valence-electron chi connectivity index (χ0n) is 28.4. The van der Waals surface area contributed by atoms with Crippen molar-refractivity contribution in [2.24, 2.45) is 0 Å². The summed E-state index contributed by atoms with van der Waals surface area (Å²) in [5.41, 5.74) is 12.8. The molecule has 0 N–H and O–H groups in total. The minimum Gasteiger partial charge on any atom is -0.456 e.